The first-order valence-electron chi connectivity index (χ1n) is 4.91. The van der Waals surface area contributed by atoms with Gasteiger partial charge in [-0.15, -0.1) is 0 Å². The summed E-state index contributed by atoms with van der Waals surface area (Å²) in [6, 6.07) is 0. The lowest BCUT2D eigenvalue weighted by molar-refractivity contribution is -0.142. The molecule has 0 aliphatic carbocycles. The lowest BCUT2D eigenvalue weighted by atomic mass is 10.1. The number of hydrogen-bond donors (Lipinski definition) is 2. The van der Waals surface area contributed by atoms with Crippen molar-refractivity contribution in [2.24, 2.45) is 0 Å². The normalized spacial score (nSPS) is 13.2. The van der Waals surface area contributed by atoms with E-state index >= 15 is 0 Å². The first-order valence-corrected chi connectivity index (χ1v) is 4.91. The Morgan fingerprint density at radius 2 is 1.94 bits per heavy atom. The Bertz CT molecular complexity index is 252. The SMILES string of the molecule is COC(CNC(=O)C(C)(C)OC)CC(=O)O. The molecule has 0 saturated carbocycles. The van der Waals surface area contributed by atoms with Crippen LogP contribution in [-0.2, 0) is 19.1 Å². The molecule has 0 aromatic rings. The van der Waals surface area contributed by atoms with E-state index in [2.05, 4.69) is 5.32 Å². The average molecular weight is 233 g/mol. The molecule has 1 amide bonds. The van der Waals surface area contributed by atoms with Gasteiger partial charge in [0, 0.05) is 20.8 Å². The third-order valence-electron chi connectivity index (χ3n) is 2.28. The molecule has 16 heavy (non-hydrogen) atoms. The second-order valence-corrected chi connectivity index (χ2v) is 3.88. The molecule has 0 bridgehead atoms. The molecular formula is C10H19NO5. The molecule has 6 heteroatoms. The van der Waals surface area contributed by atoms with E-state index in [4.69, 9.17) is 14.6 Å². The van der Waals surface area contributed by atoms with E-state index in [9.17, 15) is 9.59 Å². The number of methoxy groups -OCH3 is 2. The topological polar surface area (TPSA) is 84.9 Å². The van der Waals surface area contributed by atoms with Crippen molar-refractivity contribution < 1.29 is 24.2 Å². The van der Waals surface area contributed by atoms with E-state index < -0.39 is 17.7 Å². The van der Waals surface area contributed by atoms with Crippen molar-refractivity contribution in [2.75, 3.05) is 20.8 Å². The predicted octanol–water partition coefficient (Wildman–Crippen LogP) is 0.0173. The minimum atomic E-state index is -0.966. The number of carboxylic acid groups (broad SMARTS) is 1. The second-order valence-electron chi connectivity index (χ2n) is 3.88. The maximum Gasteiger partial charge on any atom is 0.306 e. The zero-order valence-corrected chi connectivity index (χ0v) is 10.1. The summed E-state index contributed by atoms with van der Waals surface area (Å²) in [5.41, 5.74) is -0.929. The van der Waals surface area contributed by atoms with E-state index in [-0.39, 0.29) is 18.9 Å². The van der Waals surface area contributed by atoms with Gasteiger partial charge in [0.25, 0.3) is 5.91 Å². The first-order chi connectivity index (χ1) is 7.33. The number of nitrogens with one attached hydrogen (secondary N) is 1. The summed E-state index contributed by atoms with van der Waals surface area (Å²) < 4.78 is 9.90. The molecule has 0 fully saturated rings. The Kier molecular flexibility index (Phi) is 5.98. The lowest BCUT2D eigenvalue weighted by Gasteiger charge is -2.23. The maximum absolute atomic E-state index is 11.6. The molecule has 1 atom stereocenters. The second kappa shape index (κ2) is 6.44. The fraction of sp³-hybridized carbons (Fsp3) is 0.800. The van der Waals surface area contributed by atoms with Crippen molar-refractivity contribution in [1.82, 2.24) is 5.32 Å². The van der Waals surface area contributed by atoms with E-state index in [1.54, 1.807) is 13.8 Å². The molecule has 6 nitrogen and oxygen atoms in total. The van der Waals surface area contributed by atoms with Gasteiger partial charge in [-0.1, -0.05) is 0 Å². The minimum Gasteiger partial charge on any atom is -0.481 e. The molecule has 0 saturated heterocycles. The van der Waals surface area contributed by atoms with Gasteiger partial charge in [0.05, 0.1) is 12.5 Å². The van der Waals surface area contributed by atoms with Crippen molar-refractivity contribution in [3.8, 4) is 0 Å². The Morgan fingerprint density at radius 3 is 2.31 bits per heavy atom. The van der Waals surface area contributed by atoms with Gasteiger partial charge in [-0.2, -0.15) is 0 Å². The van der Waals surface area contributed by atoms with Gasteiger partial charge in [0.15, 0.2) is 0 Å². The number of carboxylic acids is 1. The van der Waals surface area contributed by atoms with Gasteiger partial charge < -0.3 is 19.9 Å². The van der Waals surface area contributed by atoms with Crippen LogP contribution in [0, 0.1) is 0 Å². The lowest BCUT2D eigenvalue weighted by Crippen LogP contribution is -2.46. The minimum absolute atomic E-state index is 0.147. The molecule has 0 rings (SSSR count). The largest absolute Gasteiger partial charge is 0.481 e. The maximum atomic E-state index is 11.6. The van der Waals surface area contributed by atoms with Gasteiger partial charge in [0.1, 0.15) is 5.60 Å². The molecule has 0 aliphatic rings. The molecule has 0 radical (unpaired) electrons. The molecule has 0 spiro atoms. The van der Waals surface area contributed by atoms with E-state index in [1.165, 1.54) is 14.2 Å². The van der Waals surface area contributed by atoms with Crippen LogP contribution in [0.2, 0.25) is 0 Å². The van der Waals surface area contributed by atoms with Crippen LogP contribution in [0.1, 0.15) is 20.3 Å². The monoisotopic (exact) mass is 233 g/mol. The van der Waals surface area contributed by atoms with Crippen molar-refractivity contribution >= 4 is 11.9 Å². The van der Waals surface area contributed by atoms with Crippen LogP contribution in [0.4, 0.5) is 0 Å². The van der Waals surface area contributed by atoms with Crippen LogP contribution in [0.3, 0.4) is 0 Å². The number of ether oxygens (including phenoxy) is 2. The summed E-state index contributed by atoms with van der Waals surface area (Å²) in [6.45, 7) is 3.40. The molecule has 94 valence electrons. The van der Waals surface area contributed by atoms with Crippen molar-refractivity contribution in [1.29, 1.82) is 0 Å². The molecule has 1 unspecified atom stereocenters. The summed E-state index contributed by atoms with van der Waals surface area (Å²) >= 11 is 0. The zero-order chi connectivity index (χ0) is 12.8. The first kappa shape index (κ1) is 14.9. The van der Waals surface area contributed by atoms with Crippen LogP contribution in [-0.4, -0.2) is 49.5 Å². The molecular weight excluding hydrogens is 214 g/mol. The Morgan fingerprint density at radius 1 is 1.38 bits per heavy atom. The van der Waals surface area contributed by atoms with E-state index in [0.717, 1.165) is 0 Å². The Balaban J connectivity index is 4.12. The van der Waals surface area contributed by atoms with Crippen LogP contribution in [0.5, 0.6) is 0 Å². The number of hydrogen-bond acceptors (Lipinski definition) is 4. The van der Waals surface area contributed by atoms with Crippen LogP contribution in [0.25, 0.3) is 0 Å². The third kappa shape index (κ3) is 5.09. The van der Waals surface area contributed by atoms with E-state index in [1.807, 2.05) is 0 Å². The van der Waals surface area contributed by atoms with Gasteiger partial charge in [-0.05, 0) is 13.8 Å². The van der Waals surface area contributed by atoms with Crippen LogP contribution >= 0.6 is 0 Å². The summed E-state index contributed by atoms with van der Waals surface area (Å²) in [7, 11) is 2.84. The predicted molar refractivity (Wildman–Crippen MR) is 57.1 cm³/mol. The van der Waals surface area contributed by atoms with Crippen LogP contribution < -0.4 is 5.32 Å². The summed E-state index contributed by atoms with van der Waals surface area (Å²) in [5, 5.41) is 11.1. The molecule has 2 N–H and O–H groups in total. The molecule has 0 aromatic heterocycles. The number of aliphatic carboxylic acids is 1. The highest BCUT2D eigenvalue weighted by Gasteiger charge is 2.27. The summed E-state index contributed by atoms with van der Waals surface area (Å²) in [6.07, 6.45) is -0.682. The highest BCUT2D eigenvalue weighted by Crippen LogP contribution is 2.07. The van der Waals surface area contributed by atoms with Gasteiger partial charge in [-0.3, -0.25) is 9.59 Å². The smallest absolute Gasteiger partial charge is 0.306 e. The number of amides is 1. The molecule has 0 heterocycles. The van der Waals surface area contributed by atoms with Crippen molar-refractivity contribution in [3.63, 3.8) is 0 Å². The standard InChI is InChI=1S/C10H19NO5/c1-10(2,16-4)9(14)11-6-7(15-3)5-8(12)13/h7H,5-6H2,1-4H3,(H,11,14)(H,12,13). The summed E-state index contributed by atoms with van der Waals surface area (Å²) in [4.78, 5) is 22.0. The highest BCUT2D eigenvalue weighted by molar-refractivity contribution is 5.84. The fourth-order valence-electron chi connectivity index (χ4n) is 0.946. The number of rotatable bonds is 7. The Hall–Kier alpha value is -1.14. The average Bonchev–Trinajstić information content (AvgIpc) is 2.22. The zero-order valence-electron chi connectivity index (χ0n) is 10.1. The number of carbonyl (C=O) groups excluding carboxylic acids is 1. The van der Waals surface area contributed by atoms with Gasteiger partial charge >= 0.3 is 5.97 Å². The Labute approximate surface area is 94.9 Å². The number of carbonyl (C=O) groups is 2. The molecule has 0 aromatic carbocycles. The van der Waals surface area contributed by atoms with Gasteiger partial charge in [0.2, 0.25) is 0 Å². The highest BCUT2D eigenvalue weighted by atomic mass is 16.5. The van der Waals surface area contributed by atoms with Crippen molar-refractivity contribution in [3.05, 3.63) is 0 Å². The fourth-order valence-corrected chi connectivity index (χ4v) is 0.946. The van der Waals surface area contributed by atoms with Crippen molar-refractivity contribution in [2.45, 2.75) is 32.0 Å². The van der Waals surface area contributed by atoms with Crippen LogP contribution in [0.15, 0.2) is 0 Å². The third-order valence-corrected chi connectivity index (χ3v) is 2.28. The van der Waals surface area contributed by atoms with E-state index in [0.29, 0.717) is 0 Å². The summed E-state index contributed by atoms with van der Waals surface area (Å²) in [5.74, 6) is -1.27. The molecule has 0 aliphatic heterocycles. The quantitative estimate of drug-likeness (QED) is 0.647. The van der Waals surface area contributed by atoms with Gasteiger partial charge in [-0.25, -0.2) is 0 Å².